The molecule has 0 saturated heterocycles. The van der Waals surface area contributed by atoms with E-state index in [0.717, 1.165) is 56.8 Å². The molecule has 0 aromatic carbocycles. The number of nitrogens with one attached hydrogen (secondary N) is 2. The lowest BCUT2D eigenvalue weighted by Gasteiger charge is -2.16. The number of carboxylic acids is 1. The first-order chi connectivity index (χ1) is 20.5. The number of carbonyl (C=O) groups is 3. The zero-order valence-corrected chi connectivity index (χ0v) is 25.0. The molecule has 220 valence electrons. The van der Waals surface area contributed by atoms with Crippen molar-refractivity contribution in [2.45, 2.75) is 72.1 Å². The Kier molecular flexibility index (Phi) is 6.91. The molecule has 43 heavy (non-hydrogen) atoms. The monoisotopic (exact) mass is 578 g/mol. The number of fused-ring (bicyclic) bond motifs is 8. The van der Waals surface area contributed by atoms with Crippen molar-refractivity contribution < 1.29 is 24.2 Å². The molecule has 3 aromatic heterocycles. The standard InChI is InChI=1S/C34H34N4O5/c1-7-19-15(3)23-12-25-17(5)21(9-10-29(39)40)32(37-25)22-11-30(41)43-34(42)31-18(6)26(38-33(22)31)14-28-20(8-2)16(4)24(36-28)13-27(19)35-23/h7,12-14,17,21,36,38H,1,8-11H2,2-6H3,(H,39,40)/t17-,21-/m0/s1. The van der Waals surface area contributed by atoms with Gasteiger partial charge in [-0.2, -0.15) is 0 Å². The third-order valence-electron chi connectivity index (χ3n) is 9.14. The number of cyclic esters (lactones) is 2. The van der Waals surface area contributed by atoms with E-state index in [-0.39, 0.29) is 24.7 Å². The van der Waals surface area contributed by atoms with E-state index in [1.807, 2.05) is 45.0 Å². The molecule has 9 nitrogen and oxygen atoms in total. The number of aromatic amines is 2. The molecule has 3 aliphatic rings. The number of aromatic nitrogens is 4. The van der Waals surface area contributed by atoms with Crippen molar-refractivity contribution in [3.05, 3.63) is 81.4 Å². The topological polar surface area (TPSA) is 138 Å². The van der Waals surface area contributed by atoms with Crippen LogP contribution < -0.4 is 0 Å². The Bertz CT molecular complexity index is 1960. The third kappa shape index (κ3) is 4.59. The second-order valence-electron chi connectivity index (χ2n) is 11.5. The van der Waals surface area contributed by atoms with Gasteiger partial charge in [-0.05, 0) is 74.1 Å². The predicted molar refractivity (Wildman–Crippen MR) is 165 cm³/mol. The number of allylic oxidation sites excluding steroid dienone is 3. The minimum Gasteiger partial charge on any atom is -0.481 e. The number of aliphatic carboxylic acids is 1. The highest BCUT2D eigenvalue weighted by atomic mass is 16.6. The van der Waals surface area contributed by atoms with Gasteiger partial charge in [0.25, 0.3) is 0 Å². The zero-order chi connectivity index (χ0) is 30.7. The number of carbonyl (C=O) groups excluding carboxylic acids is 2. The predicted octanol–water partition coefficient (Wildman–Crippen LogP) is 6.60. The summed E-state index contributed by atoms with van der Waals surface area (Å²) in [4.78, 5) is 54.8. The van der Waals surface area contributed by atoms with Crippen LogP contribution in [0.3, 0.4) is 0 Å². The second kappa shape index (κ2) is 10.5. The van der Waals surface area contributed by atoms with Gasteiger partial charge in [0.15, 0.2) is 0 Å². The summed E-state index contributed by atoms with van der Waals surface area (Å²) in [5, 5.41) is 9.55. The van der Waals surface area contributed by atoms with E-state index < -0.39 is 17.9 Å². The average molecular weight is 579 g/mol. The van der Waals surface area contributed by atoms with Crippen LogP contribution in [-0.4, -0.2) is 43.0 Å². The van der Waals surface area contributed by atoms with Crippen LogP contribution in [0.15, 0.2) is 30.9 Å². The first-order valence-electron chi connectivity index (χ1n) is 14.6. The van der Waals surface area contributed by atoms with Crippen LogP contribution >= 0.6 is 0 Å². The molecule has 6 heterocycles. The number of esters is 2. The van der Waals surface area contributed by atoms with Gasteiger partial charge in [-0.3, -0.25) is 14.6 Å². The quantitative estimate of drug-likeness (QED) is 0.229. The Labute approximate surface area is 248 Å². The Hall–Kier alpha value is -4.79. The van der Waals surface area contributed by atoms with Crippen molar-refractivity contribution in [2.75, 3.05) is 0 Å². The average Bonchev–Trinajstić information content (AvgIpc) is 3.61. The van der Waals surface area contributed by atoms with Gasteiger partial charge >= 0.3 is 17.9 Å². The molecule has 0 amide bonds. The molecule has 0 spiro atoms. The smallest absolute Gasteiger partial charge is 0.348 e. The van der Waals surface area contributed by atoms with Crippen LogP contribution in [0.25, 0.3) is 33.2 Å². The van der Waals surface area contributed by atoms with E-state index in [1.165, 1.54) is 0 Å². The normalized spacial score (nSPS) is 18.1. The summed E-state index contributed by atoms with van der Waals surface area (Å²) in [6.45, 7) is 14.1. The Morgan fingerprint density at radius 3 is 2.51 bits per heavy atom. The molecule has 3 aromatic rings. The second-order valence-corrected chi connectivity index (χ2v) is 11.5. The van der Waals surface area contributed by atoms with E-state index in [4.69, 9.17) is 14.7 Å². The number of rotatable bonds is 5. The fourth-order valence-electron chi connectivity index (χ4n) is 6.70. The van der Waals surface area contributed by atoms with Crippen LogP contribution in [0.2, 0.25) is 0 Å². The number of ether oxygens (including phenoxy) is 1. The minimum absolute atomic E-state index is 0.0605. The molecule has 9 heteroatoms. The maximum absolute atomic E-state index is 13.2. The molecule has 2 atom stereocenters. The molecule has 0 saturated carbocycles. The fourth-order valence-corrected chi connectivity index (χ4v) is 6.70. The van der Waals surface area contributed by atoms with Crippen LogP contribution in [0, 0.1) is 13.8 Å². The highest BCUT2D eigenvalue weighted by molar-refractivity contribution is 6.09. The van der Waals surface area contributed by atoms with E-state index >= 15 is 0 Å². The molecule has 3 N–H and O–H groups in total. The van der Waals surface area contributed by atoms with Crippen molar-refractivity contribution in [2.24, 2.45) is 0 Å². The number of hydrogen-bond acceptors (Lipinski definition) is 6. The van der Waals surface area contributed by atoms with Gasteiger partial charge in [-0.1, -0.05) is 26.5 Å². The molecular formula is C34H34N4O5. The zero-order valence-electron chi connectivity index (χ0n) is 25.0. The first-order valence-corrected chi connectivity index (χ1v) is 14.6. The van der Waals surface area contributed by atoms with Crippen molar-refractivity contribution in [1.29, 1.82) is 0 Å². The van der Waals surface area contributed by atoms with Gasteiger partial charge in [0.2, 0.25) is 0 Å². The fraction of sp³-hybridized carbons (Fsp3) is 0.324. The van der Waals surface area contributed by atoms with Crippen LogP contribution in [0.5, 0.6) is 0 Å². The summed E-state index contributed by atoms with van der Waals surface area (Å²) >= 11 is 0. The third-order valence-corrected chi connectivity index (χ3v) is 9.14. The highest BCUT2D eigenvalue weighted by Crippen LogP contribution is 2.43. The number of hydrogen-bond donors (Lipinski definition) is 3. The lowest BCUT2D eigenvalue weighted by atomic mass is 9.85. The van der Waals surface area contributed by atoms with E-state index in [2.05, 4.69) is 30.4 Å². The molecule has 0 fully saturated rings. The van der Waals surface area contributed by atoms with Crippen molar-refractivity contribution >= 4 is 51.1 Å². The Morgan fingerprint density at radius 1 is 1.07 bits per heavy atom. The number of nitrogens with zero attached hydrogens (tertiary/aromatic N) is 2. The van der Waals surface area contributed by atoms with Gasteiger partial charge in [0.05, 0.1) is 34.6 Å². The van der Waals surface area contributed by atoms with Gasteiger partial charge in [-0.25, -0.2) is 9.78 Å². The number of H-pyrrole nitrogens is 2. The summed E-state index contributed by atoms with van der Waals surface area (Å²) in [5.41, 5.74) is 11.6. The summed E-state index contributed by atoms with van der Waals surface area (Å²) in [7, 11) is 0. The minimum atomic E-state index is -0.910. The molecule has 0 aliphatic carbocycles. The maximum atomic E-state index is 13.2. The largest absolute Gasteiger partial charge is 0.481 e. The van der Waals surface area contributed by atoms with Crippen LogP contribution in [-0.2, 0) is 27.2 Å². The van der Waals surface area contributed by atoms with Gasteiger partial charge in [-0.15, -0.1) is 0 Å². The number of aryl methyl sites for hydroxylation is 3. The van der Waals surface area contributed by atoms with E-state index in [0.29, 0.717) is 39.8 Å². The summed E-state index contributed by atoms with van der Waals surface area (Å²) < 4.78 is 5.23. The summed E-state index contributed by atoms with van der Waals surface area (Å²) in [6, 6.07) is 5.97. The Morgan fingerprint density at radius 2 is 1.81 bits per heavy atom. The lowest BCUT2D eigenvalue weighted by molar-refractivity contribution is -0.138. The molecule has 6 rings (SSSR count). The molecule has 0 radical (unpaired) electrons. The first kappa shape index (κ1) is 28.3. The molecule has 8 bridgehead atoms. The van der Waals surface area contributed by atoms with Gasteiger partial charge in [0.1, 0.15) is 0 Å². The lowest BCUT2D eigenvalue weighted by Crippen LogP contribution is -2.13. The molecular weight excluding hydrogens is 544 g/mol. The van der Waals surface area contributed by atoms with Crippen LogP contribution in [0.1, 0.15) is 101 Å². The summed E-state index contributed by atoms with van der Waals surface area (Å²) in [6.07, 6.45) is 2.69. The van der Waals surface area contributed by atoms with Gasteiger partial charge < -0.3 is 19.8 Å². The SMILES string of the molecule is C=CC1=C(C)c2cc3nc(c4c5[nH]c(cc6[nH]c(cc1n2)c(C)c6CC)c(C)c5C(=O)OC(=O)C4)[C@@H](CCC(=O)O)[C@@H]3C. The van der Waals surface area contributed by atoms with Crippen molar-refractivity contribution in [3.8, 4) is 0 Å². The van der Waals surface area contributed by atoms with E-state index in [9.17, 15) is 19.5 Å². The Balaban J connectivity index is 1.82. The molecule has 0 unspecified atom stereocenters. The summed E-state index contributed by atoms with van der Waals surface area (Å²) in [5.74, 6) is -2.74. The number of carboxylic acid groups (broad SMARTS) is 1. The maximum Gasteiger partial charge on any atom is 0.348 e. The van der Waals surface area contributed by atoms with Crippen LogP contribution in [0.4, 0.5) is 0 Å². The van der Waals surface area contributed by atoms with Gasteiger partial charge in [0, 0.05) is 51.6 Å². The van der Waals surface area contributed by atoms with E-state index in [1.54, 1.807) is 0 Å². The molecule has 3 aliphatic heterocycles. The van der Waals surface area contributed by atoms with Crippen molar-refractivity contribution in [1.82, 2.24) is 19.9 Å². The van der Waals surface area contributed by atoms with Crippen molar-refractivity contribution in [3.63, 3.8) is 0 Å². The highest BCUT2D eigenvalue weighted by Gasteiger charge is 2.35.